The van der Waals surface area contributed by atoms with E-state index in [4.69, 9.17) is 32.7 Å². The van der Waals surface area contributed by atoms with Gasteiger partial charge in [-0.1, -0.05) is 109 Å². The molecule has 0 fully saturated rings. The summed E-state index contributed by atoms with van der Waals surface area (Å²) in [6.45, 7) is 19.7. The number of hydrogen-bond donors (Lipinski definition) is 1. The van der Waals surface area contributed by atoms with Crippen LogP contribution in [0.4, 0.5) is 21.9 Å². The van der Waals surface area contributed by atoms with Gasteiger partial charge in [-0.25, -0.2) is 14.5 Å². The predicted molar refractivity (Wildman–Crippen MR) is 219 cm³/mol. The van der Waals surface area contributed by atoms with Gasteiger partial charge in [-0.05, 0) is 89.9 Å². The zero-order valence-corrected chi connectivity index (χ0v) is 35.3. The van der Waals surface area contributed by atoms with Gasteiger partial charge in [0.1, 0.15) is 5.60 Å². The van der Waals surface area contributed by atoms with E-state index in [9.17, 15) is 19.2 Å². The van der Waals surface area contributed by atoms with Gasteiger partial charge >= 0.3 is 12.1 Å². The maximum atomic E-state index is 14.5. The van der Waals surface area contributed by atoms with Crippen molar-refractivity contribution in [2.75, 3.05) is 34.8 Å². The summed E-state index contributed by atoms with van der Waals surface area (Å²) in [6, 6.07) is 9.68. The van der Waals surface area contributed by atoms with E-state index in [2.05, 4.69) is 17.1 Å². The molecule has 0 bridgehead atoms. The van der Waals surface area contributed by atoms with Gasteiger partial charge in [0.05, 0.1) is 28.6 Å². The number of ketones is 1. The molecule has 2 amide bonds. The van der Waals surface area contributed by atoms with Crippen molar-refractivity contribution in [1.29, 1.82) is 0 Å². The number of benzene rings is 2. The number of anilines is 3. The first kappa shape index (κ1) is 45.9. The number of carbonyl (C=O) groups is 4. The zero-order chi connectivity index (χ0) is 40.0. The molecule has 53 heavy (non-hydrogen) atoms. The number of hydrogen-bond acceptors (Lipinski definition) is 7. The molecule has 2 aromatic carbocycles. The molecule has 0 saturated heterocycles. The highest BCUT2D eigenvalue weighted by Crippen LogP contribution is 2.40. The lowest BCUT2D eigenvalue weighted by Gasteiger charge is -2.41. The van der Waals surface area contributed by atoms with Crippen molar-refractivity contribution in [2.45, 2.75) is 144 Å². The van der Waals surface area contributed by atoms with E-state index in [-0.39, 0.29) is 28.6 Å². The Kier molecular flexibility index (Phi) is 18.1. The number of ether oxygens (including phenoxy) is 2. The molecule has 2 rings (SSSR count). The second-order valence-electron chi connectivity index (χ2n) is 15.6. The smallest absolute Gasteiger partial charge is 0.417 e. The molecule has 1 unspecified atom stereocenters. The first-order valence-corrected chi connectivity index (χ1v) is 20.0. The lowest BCUT2D eigenvalue weighted by Crippen LogP contribution is -2.64. The number of aryl methyl sites for hydroxylation is 1. The van der Waals surface area contributed by atoms with Crippen molar-refractivity contribution < 1.29 is 28.7 Å². The number of unbranched alkanes of at least 4 members (excludes halogenated alkanes) is 9. The maximum absolute atomic E-state index is 14.5. The van der Waals surface area contributed by atoms with Crippen molar-refractivity contribution in [1.82, 2.24) is 0 Å². The molecular formula is C42H63Cl2N3O6. The molecule has 1 N–H and O–H groups in total. The largest absolute Gasteiger partial charge is 0.462 e. The number of Topliss-reactive ketones (excluding diaryl/α,β-unsaturated/α-hetero) is 1. The van der Waals surface area contributed by atoms with Crippen LogP contribution >= 0.6 is 23.2 Å². The van der Waals surface area contributed by atoms with E-state index in [1.807, 2.05) is 26.0 Å². The van der Waals surface area contributed by atoms with Gasteiger partial charge in [-0.15, -0.1) is 0 Å². The number of carbonyl (C=O) groups excluding carboxylic acids is 4. The molecule has 0 spiro atoms. The fourth-order valence-electron chi connectivity index (χ4n) is 5.97. The third-order valence-corrected chi connectivity index (χ3v) is 9.74. The van der Waals surface area contributed by atoms with E-state index in [1.165, 1.54) is 63.1 Å². The Balaban J connectivity index is 2.40. The van der Waals surface area contributed by atoms with Crippen molar-refractivity contribution >= 4 is 64.0 Å². The minimum Gasteiger partial charge on any atom is -0.462 e. The minimum absolute atomic E-state index is 0.0227. The SMILES string of the molecule is CCCCCCCCCCCCOC(=O)c1ccc(Cl)c(NC(=O)C(Cl)(C(=O)C(C)(C)C)N(C(=O)OC(C)(C)C)c2ccc(N(CC)CC)cc2C)c1. The normalized spacial score (nSPS) is 12.8. The van der Waals surface area contributed by atoms with Crippen LogP contribution in [0.1, 0.15) is 142 Å². The van der Waals surface area contributed by atoms with Gasteiger partial charge < -0.3 is 19.7 Å². The van der Waals surface area contributed by atoms with Crippen LogP contribution < -0.4 is 15.1 Å². The quantitative estimate of drug-likeness (QED) is 0.0469. The topological polar surface area (TPSA) is 105 Å². The minimum atomic E-state index is -2.64. The van der Waals surface area contributed by atoms with E-state index in [1.54, 1.807) is 54.5 Å². The molecular weight excluding hydrogens is 713 g/mol. The van der Waals surface area contributed by atoms with Gasteiger partial charge in [0.25, 0.3) is 10.9 Å². The van der Waals surface area contributed by atoms with E-state index < -0.39 is 39.8 Å². The van der Waals surface area contributed by atoms with Crippen molar-refractivity contribution in [3.05, 3.63) is 52.5 Å². The number of nitrogens with zero attached hydrogens (tertiary/aromatic N) is 2. The summed E-state index contributed by atoms with van der Waals surface area (Å²) >= 11 is 13.8. The number of nitrogens with one attached hydrogen (secondary N) is 1. The van der Waals surface area contributed by atoms with Gasteiger partial charge in [-0.2, -0.15) is 0 Å². The summed E-state index contributed by atoms with van der Waals surface area (Å²) in [4.78, 5) is 56.4. The van der Waals surface area contributed by atoms with Crippen LogP contribution in [-0.4, -0.2) is 54.0 Å². The maximum Gasteiger partial charge on any atom is 0.417 e. The van der Waals surface area contributed by atoms with Crippen LogP contribution in [0.3, 0.4) is 0 Å². The molecule has 0 aliphatic rings. The Morgan fingerprint density at radius 3 is 1.85 bits per heavy atom. The molecule has 296 valence electrons. The number of rotatable bonds is 20. The average molecular weight is 777 g/mol. The molecule has 9 nitrogen and oxygen atoms in total. The summed E-state index contributed by atoms with van der Waals surface area (Å²) in [5, 5.41) is 2.75. The molecule has 0 saturated carbocycles. The Morgan fingerprint density at radius 2 is 1.34 bits per heavy atom. The molecule has 0 aliphatic heterocycles. The molecule has 11 heteroatoms. The summed E-state index contributed by atoms with van der Waals surface area (Å²) in [5.74, 6) is -2.38. The molecule has 1 atom stereocenters. The van der Waals surface area contributed by atoms with Crippen LogP contribution in [0.25, 0.3) is 0 Å². The lowest BCUT2D eigenvalue weighted by atomic mass is 9.84. The number of esters is 1. The molecule has 0 aromatic heterocycles. The van der Waals surface area contributed by atoms with Crippen LogP contribution in [0.5, 0.6) is 0 Å². The van der Waals surface area contributed by atoms with Gasteiger partial charge in [0, 0.05) is 24.2 Å². The molecule has 0 heterocycles. The summed E-state index contributed by atoms with van der Waals surface area (Å²) in [5.41, 5.74) is -0.303. The number of amides is 2. The van der Waals surface area contributed by atoms with E-state index in [0.717, 1.165) is 42.9 Å². The van der Waals surface area contributed by atoms with Crippen molar-refractivity contribution in [3.63, 3.8) is 0 Å². The van der Waals surface area contributed by atoms with Crippen LogP contribution in [0.15, 0.2) is 36.4 Å². The molecule has 0 aliphatic carbocycles. The highest BCUT2D eigenvalue weighted by Gasteiger charge is 2.57. The Bertz CT molecular complexity index is 1530. The van der Waals surface area contributed by atoms with E-state index in [0.29, 0.717) is 5.56 Å². The Morgan fingerprint density at radius 1 is 0.774 bits per heavy atom. The highest BCUT2D eigenvalue weighted by atomic mass is 35.5. The monoisotopic (exact) mass is 775 g/mol. The average Bonchev–Trinajstić information content (AvgIpc) is 3.07. The van der Waals surface area contributed by atoms with Crippen molar-refractivity contribution in [2.24, 2.45) is 5.41 Å². The fourth-order valence-corrected chi connectivity index (χ4v) is 6.62. The predicted octanol–water partition coefficient (Wildman–Crippen LogP) is 11.5. The standard InChI is InChI=1S/C42H63Cl2N3O6/c1-11-14-15-16-17-18-19-20-21-22-27-52-36(48)31-23-25-33(43)34(29-31)45-38(50)42(44,37(49)40(5,6)7)47(39(51)53-41(8,9)10)35-26-24-32(28-30(35)4)46(12-2)13-3/h23-26,28-29H,11-22,27H2,1-10H3,(H,45,50). The second kappa shape index (κ2) is 21.0. The Hall–Kier alpha value is -3.30. The second-order valence-corrected chi connectivity index (χ2v) is 16.6. The molecule has 2 aromatic rings. The van der Waals surface area contributed by atoms with Crippen LogP contribution in [0.2, 0.25) is 5.02 Å². The van der Waals surface area contributed by atoms with Gasteiger partial charge in [-0.3, -0.25) is 9.59 Å². The Labute approximate surface area is 328 Å². The summed E-state index contributed by atoms with van der Waals surface area (Å²) in [6.07, 6.45) is 10.6. The zero-order valence-electron chi connectivity index (χ0n) is 33.8. The number of alkyl halides is 1. The fraction of sp³-hybridized carbons (Fsp3) is 0.619. The lowest BCUT2D eigenvalue weighted by molar-refractivity contribution is -0.134. The van der Waals surface area contributed by atoms with Gasteiger partial charge in [0.2, 0.25) is 0 Å². The summed E-state index contributed by atoms with van der Waals surface area (Å²) in [7, 11) is 0. The van der Waals surface area contributed by atoms with Crippen LogP contribution in [0, 0.1) is 12.3 Å². The third-order valence-electron chi connectivity index (χ3n) is 8.90. The highest BCUT2D eigenvalue weighted by molar-refractivity contribution is 6.51. The van der Waals surface area contributed by atoms with Crippen molar-refractivity contribution in [3.8, 4) is 0 Å². The molecule has 0 radical (unpaired) electrons. The summed E-state index contributed by atoms with van der Waals surface area (Å²) < 4.78 is 11.3. The first-order valence-electron chi connectivity index (χ1n) is 19.2. The van der Waals surface area contributed by atoms with Crippen LogP contribution in [-0.2, 0) is 19.1 Å². The number of halogens is 2. The first-order chi connectivity index (χ1) is 24.8. The third kappa shape index (κ3) is 13.5. The van der Waals surface area contributed by atoms with Gasteiger partial charge in [0.15, 0.2) is 5.78 Å². The van der Waals surface area contributed by atoms with E-state index >= 15 is 0 Å².